The minimum absolute atomic E-state index is 0.161. The fraction of sp³-hybridized carbons (Fsp3) is 0.333. The highest BCUT2D eigenvalue weighted by Gasteiger charge is 2.49. The highest BCUT2D eigenvalue weighted by molar-refractivity contribution is 7.13. The van der Waals surface area contributed by atoms with Crippen LogP contribution in [0.2, 0.25) is 13.1 Å². The largest absolute Gasteiger partial charge is 0.144 e. The van der Waals surface area contributed by atoms with Crippen LogP contribution in [-0.4, -0.2) is 8.07 Å². The van der Waals surface area contributed by atoms with Crippen LogP contribution in [0.15, 0.2) is 83.9 Å². The monoisotopic (exact) mass is 572 g/mol. The van der Waals surface area contributed by atoms with Crippen LogP contribution >= 0.6 is 11.3 Å². The lowest BCUT2D eigenvalue weighted by atomic mass is 9.86. The molecule has 0 saturated heterocycles. The van der Waals surface area contributed by atoms with E-state index in [9.17, 15) is 0 Å². The lowest BCUT2D eigenvalue weighted by molar-refractivity contribution is 0.590. The molecule has 2 unspecified atom stereocenters. The lowest BCUT2D eigenvalue weighted by Crippen LogP contribution is -2.43. The normalized spacial score (nSPS) is 18.4. The van der Waals surface area contributed by atoms with Crippen LogP contribution in [0.4, 0.5) is 0 Å². The molecule has 1 aromatic heterocycles. The first-order valence-corrected chi connectivity index (χ1v) is 19.2. The Hall–Kier alpha value is -2.94. The Bertz CT molecular complexity index is 1670. The molecular weight excluding hydrogens is 529 g/mol. The van der Waals surface area contributed by atoms with Gasteiger partial charge in [-0.1, -0.05) is 144 Å². The maximum Gasteiger partial charge on any atom is 0.0732 e. The molecule has 2 aliphatic carbocycles. The third-order valence-electron chi connectivity index (χ3n) is 9.61. The summed E-state index contributed by atoms with van der Waals surface area (Å²) in [5.41, 5.74) is 15.8. The molecule has 0 nitrogen and oxygen atoms in total. The Labute approximate surface area is 252 Å². The van der Waals surface area contributed by atoms with Gasteiger partial charge in [-0.15, -0.1) is 11.3 Å². The smallest absolute Gasteiger partial charge is 0.0732 e. The Balaban J connectivity index is 1.45. The maximum absolute atomic E-state index is 2.67. The molecule has 2 heteroatoms. The second-order valence-corrected chi connectivity index (χ2v) is 20.2. The summed E-state index contributed by atoms with van der Waals surface area (Å²) in [7, 11) is -1.92. The van der Waals surface area contributed by atoms with Gasteiger partial charge < -0.3 is 0 Å². The number of allylic oxidation sites excluding steroid dienone is 2. The van der Waals surface area contributed by atoms with Crippen molar-refractivity contribution in [2.75, 3.05) is 0 Å². The molecule has 210 valence electrons. The van der Waals surface area contributed by atoms with E-state index < -0.39 is 8.07 Å². The molecule has 0 amide bonds. The Morgan fingerprint density at radius 2 is 1.41 bits per heavy atom. The number of rotatable bonds is 5. The fourth-order valence-corrected chi connectivity index (χ4v) is 14.7. The van der Waals surface area contributed by atoms with E-state index in [4.69, 9.17) is 0 Å². The highest BCUT2D eigenvalue weighted by Crippen LogP contribution is 2.57. The predicted molar refractivity (Wildman–Crippen MR) is 184 cm³/mol. The third-order valence-corrected chi connectivity index (χ3v) is 15.4. The summed E-state index contributed by atoms with van der Waals surface area (Å²) >= 11 is 2.05. The number of hydrogen-bond acceptors (Lipinski definition) is 1. The molecule has 0 aliphatic heterocycles. The van der Waals surface area contributed by atoms with Crippen molar-refractivity contribution in [3.63, 3.8) is 0 Å². The van der Waals surface area contributed by atoms with Crippen LogP contribution in [0.3, 0.4) is 0 Å². The van der Waals surface area contributed by atoms with Gasteiger partial charge in [0.05, 0.1) is 8.07 Å². The first-order chi connectivity index (χ1) is 19.4. The Morgan fingerprint density at radius 1 is 0.732 bits per heavy atom. The van der Waals surface area contributed by atoms with Crippen molar-refractivity contribution in [3.8, 4) is 22.3 Å². The van der Waals surface area contributed by atoms with Crippen molar-refractivity contribution in [1.29, 1.82) is 0 Å². The zero-order valence-corrected chi connectivity index (χ0v) is 28.0. The van der Waals surface area contributed by atoms with E-state index in [-0.39, 0.29) is 5.41 Å². The van der Waals surface area contributed by atoms with Crippen molar-refractivity contribution < 1.29 is 0 Å². The van der Waals surface area contributed by atoms with E-state index in [1.54, 1.807) is 21.6 Å². The average molecular weight is 573 g/mol. The van der Waals surface area contributed by atoms with Gasteiger partial charge in [0, 0.05) is 26.4 Å². The SMILES string of the molecule is CC1=Cc2c(sc(C)c2-c2ccccc2)C1[Si](C)(C)C1C(C(C)C)=Cc2c(-c3ccc(C(C)(C)C)cc3)cccc21. The number of benzene rings is 3. The van der Waals surface area contributed by atoms with Crippen molar-refractivity contribution in [3.05, 3.63) is 116 Å². The summed E-state index contributed by atoms with van der Waals surface area (Å²) in [4.78, 5) is 3.06. The zero-order valence-electron chi connectivity index (χ0n) is 26.2. The molecule has 0 radical (unpaired) electrons. The first kappa shape index (κ1) is 28.2. The van der Waals surface area contributed by atoms with E-state index >= 15 is 0 Å². The third kappa shape index (κ3) is 4.64. The zero-order chi connectivity index (χ0) is 29.3. The Morgan fingerprint density at radius 3 is 2.05 bits per heavy atom. The van der Waals surface area contributed by atoms with E-state index in [1.165, 1.54) is 43.8 Å². The minimum atomic E-state index is -1.92. The summed E-state index contributed by atoms with van der Waals surface area (Å²) < 4.78 is 0. The molecule has 0 saturated carbocycles. The molecule has 0 fully saturated rings. The van der Waals surface area contributed by atoms with Gasteiger partial charge in [-0.3, -0.25) is 0 Å². The fourth-order valence-electron chi connectivity index (χ4n) is 7.67. The van der Waals surface area contributed by atoms with Gasteiger partial charge in [-0.25, -0.2) is 0 Å². The minimum Gasteiger partial charge on any atom is -0.144 e. The predicted octanol–water partition coefficient (Wildman–Crippen LogP) is 11.8. The molecule has 0 spiro atoms. The standard InChI is InChI=1S/C39H44SSi/c1-24(2)32-23-33-30(27-18-20-29(21-19-27)39(5,6)7)16-13-17-31(33)38(32)41(8,9)37-25(3)22-34-35(26(4)40-36(34)37)28-14-11-10-12-15-28/h10-24,37-38H,1-9H3. The maximum atomic E-state index is 2.67. The molecule has 0 N–H and O–H groups in total. The van der Waals surface area contributed by atoms with Crippen LogP contribution < -0.4 is 0 Å². The lowest BCUT2D eigenvalue weighted by Gasteiger charge is -2.40. The number of thiophene rings is 1. The number of fused-ring (bicyclic) bond motifs is 2. The van der Waals surface area contributed by atoms with Crippen LogP contribution in [-0.2, 0) is 5.41 Å². The summed E-state index contributed by atoms with van der Waals surface area (Å²) in [5.74, 6) is 0.519. The van der Waals surface area contributed by atoms with E-state index in [0.717, 1.165) is 0 Å². The van der Waals surface area contributed by atoms with Crippen molar-refractivity contribution >= 4 is 31.6 Å². The second-order valence-electron chi connectivity index (χ2n) is 14.2. The molecule has 2 atom stereocenters. The van der Waals surface area contributed by atoms with E-state index in [1.807, 2.05) is 0 Å². The van der Waals surface area contributed by atoms with Crippen LogP contribution in [0, 0.1) is 12.8 Å². The molecular formula is C39H44SSi. The summed E-state index contributed by atoms with van der Waals surface area (Å²) in [6.07, 6.45) is 5.11. The summed E-state index contributed by atoms with van der Waals surface area (Å²) in [6, 6.07) is 27.4. The molecule has 6 rings (SSSR count). The molecule has 0 bridgehead atoms. The van der Waals surface area contributed by atoms with Crippen LogP contribution in [0.25, 0.3) is 34.4 Å². The highest BCUT2D eigenvalue weighted by atomic mass is 32.1. The summed E-state index contributed by atoms with van der Waals surface area (Å²) in [5, 5.41) is 0. The molecule has 3 aromatic carbocycles. The number of hydrogen-bond donors (Lipinski definition) is 0. The second kappa shape index (κ2) is 10.1. The van der Waals surface area contributed by atoms with Crippen LogP contribution in [0.1, 0.15) is 84.6 Å². The Kier molecular flexibility index (Phi) is 6.95. The summed E-state index contributed by atoms with van der Waals surface area (Å²) in [6.45, 7) is 21.7. The first-order valence-electron chi connectivity index (χ1n) is 15.2. The van der Waals surface area contributed by atoms with Gasteiger partial charge in [0.1, 0.15) is 0 Å². The van der Waals surface area contributed by atoms with Crippen molar-refractivity contribution in [2.45, 2.75) is 78.1 Å². The van der Waals surface area contributed by atoms with Gasteiger partial charge in [0.25, 0.3) is 0 Å². The molecule has 4 aromatic rings. The van der Waals surface area contributed by atoms with E-state index in [2.05, 4.69) is 158 Å². The van der Waals surface area contributed by atoms with Gasteiger partial charge in [0.2, 0.25) is 0 Å². The average Bonchev–Trinajstić information content (AvgIpc) is 3.57. The van der Waals surface area contributed by atoms with Gasteiger partial charge >= 0.3 is 0 Å². The van der Waals surface area contributed by atoms with Gasteiger partial charge in [-0.2, -0.15) is 0 Å². The molecule has 41 heavy (non-hydrogen) atoms. The van der Waals surface area contributed by atoms with Crippen molar-refractivity contribution in [1.82, 2.24) is 0 Å². The van der Waals surface area contributed by atoms with Gasteiger partial charge in [-0.05, 0) is 64.1 Å². The van der Waals surface area contributed by atoms with Crippen LogP contribution in [0.5, 0.6) is 0 Å². The van der Waals surface area contributed by atoms with Gasteiger partial charge in [0.15, 0.2) is 0 Å². The molecule has 2 aliphatic rings. The molecule has 1 heterocycles. The van der Waals surface area contributed by atoms with Crippen molar-refractivity contribution in [2.24, 2.45) is 5.92 Å². The quantitative estimate of drug-likeness (QED) is 0.209. The topological polar surface area (TPSA) is 0 Å². The number of aryl methyl sites for hydroxylation is 1. The van der Waals surface area contributed by atoms with E-state index in [0.29, 0.717) is 17.0 Å².